The van der Waals surface area contributed by atoms with Gasteiger partial charge in [0.25, 0.3) is 11.1 Å². The van der Waals surface area contributed by atoms with Crippen molar-refractivity contribution in [2.75, 3.05) is 0 Å². The predicted molar refractivity (Wildman–Crippen MR) is 137 cm³/mol. The Morgan fingerprint density at radius 3 is 2.45 bits per heavy atom. The third kappa shape index (κ3) is 4.73. The Morgan fingerprint density at radius 2 is 1.82 bits per heavy atom. The number of benzene rings is 1. The molecule has 0 bridgehead atoms. The number of aromatic nitrogens is 3. The highest BCUT2D eigenvalue weighted by Gasteiger charge is 2.32. The van der Waals surface area contributed by atoms with Crippen LogP contribution in [0.15, 0.2) is 70.6 Å². The fourth-order valence-corrected chi connectivity index (χ4v) is 4.81. The van der Waals surface area contributed by atoms with E-state index >= 15 is 0 Å². The van der Waals surface area contributed by atoms with Crippen LogP contribution < -0.4 is 21.8 Å². The van der Waals surface area contributed by atoms with Gasteiger partial charge in [-0.25, -0.2) is 5.32 Å². The Bertz CT molecular complexity index is 1680. The molecule has 6 N–H and O–H groups in total. The minimum absolute atomic E-state index is 0.0498. The molecule has 0 radical (unpaired) electrons. The Labute approximate surface area is 214 Å². The van der Waals surface area contributed by atoms with Gasteiger partial charge >= 0.3 is 6.30 Å². The standard InChI is InChI=1S/C27H24F3N5O3/c1-34-13-22(20-9-23(33-25(20)26(34)38)16(11-31)12-32-27(28,29)30)19-10-24(37)35(17-7-18(36)8-17)14-21(19)15-5-3-2-4-6-15/h2-6,9-14,17-18,31-33,36H,7-8H2,1H3/p+2/b16-12+,31-11?. The number of allylic oxidation sites excluding steroid dienone is 1. The number of nitrogens with zero attached hydrogens (tertiary/aromatic N) is 2. The average molecular weight is 526 g/mol. The second-order valence-electron chi connectivity index (χ2n) is 9.42. The summed E-state index contributed by atoms with van der Waals surface area (Å²) < 4.78 is 41.4. The molecule has 3 aromatic heterocycles. The van der Waals surface area contributed by atoms with E-state index in [2.05, 4.69) is 4.98 Å². The Hall–Kier alpha value is -4.22. The van der Waals surface area contributed by atoms with Gasteiger partial charge in [-0.15, -0.1) is 13.2 Å². The Balaban J connectivity index is 1.75. The monoisotopic (exact) mass is 525 g/mol. The molecule has 5 rings (SSSR count). The number of alkyl halides is 3. The molecule has 0 amide bonds. The highest BCUT2D eigenvalue weighted by atomic mass is 19.4. The summed E-state index contributed by atoms with van der Waals surface area (Å²) in [6, 6.07) is 12.4. The number of aliphatic hydroxyl groups excluding tert-OH is 1. The lowest BCUT2D eigenvalue weighted by atomic mass is 9.88. The largest absolute Gasteiger partial charge is 0.562 e. The molecule has 8 nitrogen and oxygen atoms in total. The molecule has 1 aliphatic carbocycles. The third-order valence-corrected chi connectivity index (χ3v) is 6.84. The summed E-state index contributed by atoms with van der Waals surface area (Å²) in [6.07, 6.45) is 1.23. The summed E-state index contributed by atoms with van der Waals surface area (Å²) in [5.41, 5.74) is 2.49. The molecule has 4 aromatic rings. The van der Waals surface area contributed by atoms with E-state index in [1.807, 2.05) is 30.3 Å². The molecular formula is C27H26F3N5O3+2. The van der Waals surface area contributed by atoms with Crippen LogP contribution in [0, 0.1) is 0 Å². The van der Waals surface area contributed by atoms with Crippen LogP contribution >= 0.6 is 0 Å². The zero-order chi connectivity index (χ0) is 27.2. The van der Waals surface area contributed by atoms with Crippen molar-refractivity contribution in [3.63, 3.8) is 0 Å². The molecule has 1 aliphatic rings. The van der Waals surface area contributed by atoms with Crippen LogP contribution in [0.4, 0.5) is 13.2 Å². The van der Waals surface area contributed by atoms with Crippen molar-refractivity contribution >= 4 is 22.7 Å². The molecule has 1 saturated carbocycles. The second kappa shape index (κ2) is 9.58. The van der Waals surface area contributed by atoms with Gasteiger partial charge in [0.1, 0.15) is 17.3 Å². The molecule has 0 aliphatic heterocycles. The van der Waals surface area contributed by atoms with Crippen LogP contribution in [0.3, 0.4) is 0 Å². The van der Waals surface area contributed by atoms with Gasteiger partial charge in [0.15, 0.2) is 6.21 Å². The topological polar surface area (TPSA) is 122 Å². The molecule has 1 aromatic carbocycles. The first-order valence-corrected chi connectivity index (χ1v) is 12.0. The van der Waals surface area contributed by atoms with Crippen LogP contribution in [0.2, 0.25) is 0 Å². The summed E-state index contributed by atoms with van der Waals surface area (Å²) in [5, 5.41) is 15.9. The molecule has 0 unspecified atom stereocenters. The summed E-state index contributed by atoms with van der Waals surface area (Å²) in [5.74, 6) is 0. The average Bonchev–Trinajstić information content (AvgIpc) is 3.30. The number of hydrogen-bond donors (Lipinski definition) is 4. The maximum atomic E-state index is 13.2. The fraction of sp³-hybridized carbons (Fsp3) is 0.222. The first kappa shape index (κ1) is 25.4. The van der Waals surface area contributed by atoms with Crippen LogP contribution in [-0.4, -0.2) is 37.8 Å². The number of H-pyrrole nitrogens is 1. The molecule has 0 spiro atoms. The Kier molecular flexibility index (Phi) is 6.41. The van der Waals surface area contributed by atoms with E-state index in [4.69, 9.17) is 5.41 Å². The molecule has 0 atom stereocenters. The number of nitrogens with one attached hydrogen (secondary N) is 1. The summed E-state index contributed by atoms with van der Waals surface area (Å²) >= 11 is 0. The number of aromatic amines is 1. The number of aliphatic hydroxyl groups is 1. The SMILES string of the molecule is Cn1cc(-c2cc(=O)n(C3CC(O)C3)cc2-c2ccccc2)c2cc(/C(C=[NH2+])=C/[NH2+]C(F)(F)F)[nH]c2c1=O. The van der Waals surface area contributed by atoms with Gasteiger partial charge in [0.05, 0.1) is 11.8 Å². The van der Waals surface area contributed by atoms with Crippen molar-refractivity contribution in [2.45, 2.75) is 31.3 Å². The van der Waals surface area contributed by atoms with Crippen LogP contribution in [-0.2, 0) is 7.05 Å². The van der Waals surface area contributed by atoms with Gasteiger partial charge in [-0.1, -0.05) is 30.3 Å². The van der Waals surface area contributed by atoms with E-state index < -0.39 is 12.4 Å². The number of nitrogens with two attached hydrogens (primary N) is 2. The van der Waals surface area contributed by atoms with Crippen LogP contribution in [0.1, 0.15) is 24.6 Å². The van der Waals surface area contributed by atoms with Gasteiger partial charge < -0.3 is 19.2 Å². The quantitative estimate of drug-likeness (QED) is 0.224. The predicted octanol–water partition coefficient (Wildman–Crippen LogP) is 1.31. The van der Waals surface area contributed by atoms with Crippen LogP contribution in [0.25, 0.3) is 38.7 Å². The second-order valence-corrected chi connectivity index (χ2v) is 9.42. The molecule has 11 heteroatoms. The smallest absolute Gasteiger partial charge is 0.393 e. The van der Waals surface area contributed by atoms with Crippen molar-refractivity contribution < 1.29 is 29.0 Å². The lowest BCUT2D eigenvalue weighted by Gasteiger charge is -2.33. The number of pyridine rings is 2. The summed E-state index contributed by atoms with van der Waals surface area (Å²) in [7, 11) is 1.56. The van der Waals surface area contributed by atoms with Crippen molar-refractivity contribution in [3.05, 3.63) is 87.5 Å². The number of fused-ring (bicyclic) bond motifs is 1. The number of quaternary nitrogens is 1. The van der Waals surface area contributed by atoms with E-state index in [-0.39, 0.29) is 39.3 Å². The number of hydrogen-bond acceptors (Lipinski definition) is 3. The summed E-state index contributed by atoms with van der Waals surface area (Å²) in [6.45, 7) is 0. The summed E-state index contributed by atoms with van der Waals surface area (Å²) in [4.78, 5) is 29.1. The lowest BCUT2D eigenvalue weighted by Crippen LogP contribution is -2.87. The third-order valence-electron chi connectivity index (χ3n) is 6.84. The van der Waals surface area contributed by atoms with Crippen molar-refractivity contribution in [3.8, 4) is 22.3 Å². The van der Waals surface area contributed by atoms with Crippen molar-refractivity contribution in [1.29, 1.82) is 0 Å². The molecular weight excluding hydrogens is 499 g/mol. The highest BCUT2D eigenvalue weighted by Crippen LogP contribution is 2.37. The van der Waals surface area contributed by atoms with Crippen molar-refractivity contribution in [2.24, 2.45) is 7.05 Å². The first-order chi connectivity index (χ1) is 18.1. The van der Waals surface area contributed by atoms with Crippen molar-refractivity contribution in [1.82, 2.24) is 14.1 Å². The maximum absolute atomic E-state index is 13.2. The van der Waals surface area contributed by atoms with E-state index in [1.54, 1.807) is 30.1 Å². The van der Waals surface area contributed by atoms with Crippen LogP contribution in [0.5, 0.6) is 0 Å². The molecule has 1 fully saturated rings. The molecule has 38 heavy (non-hydrogen) atoms. The van der Waals surface area contributed by atoms with Gasteiger partial charge in [0.2, 0.25) is 0 Å². The normalized spacial score (nSPS) is 18.0. The van der Waals surface area contributed by atoms with E-state index in [1.165, 1.54) is 10.6 Å². The minimum Gasteiger partial charge on any atom is -0.393 e. The molecule has 0 saturated heterocycles. The van der Waals surface area contributed by atoms with Gasteiger partial charge in [-0.3, -0.25) is 15.0 Å². The Morgan fingerprint density at radius 1 is 1.11 bits per heavy atom. The fourth-order valence-electron chi connectivity index (χ4n) is 4.81. The van der Waals surface area contributed by atoms with E-state index in [0.29, 0.717) is 29.4 Å². The number of halogens is 3. The number of rotatable bonds is 6. The maximum Gasteiger partial charge on any atom is 0.562 e. The zero-order valence-corrected chi connectivity index (χ0v) is 20.4. The van der Waals surface area contributed by atoms with Gasteiger partial charge in [-0.2, -0.15) is 0 Å². The zero-order valence-electron chi connectivity index (χ0n) is 20.4. The molecule has 196 valence electrons. The van der Waals surface area contributed by atoms with Gasteiger partial charge in [-0.05, 0) is 30.0 Å². The highest BCUT2D eigenvalue weighted by molar-refractivity contribution is 6.09. The molecule has 3 heterocycles. The minimum atomic E-state index is -4.54. The lowest BCUT2D eigenvalue weighted by molar-refractivity contribution is -0.765. The van der Waals surface area contributed by atoms with Gasteiger partial charge in [0, 0.05) is 48.1 Å². The first-order valence-electron chi connectivity index (χ1n) is 12.0. The van der Waals surface area contributed by atoms with E-state index in [0.717, 1.165) is 23.5 Å². The van der Waals surface area contributed by atoms with E-state index in [9.17, 15) is 27.9 Å². The number of aryl methyl sites for hydroxylation is 1.